The smallest absolute Gasteiger partial charge is 0.244 e. The molecule has 2 aliphatic rings. The van der Waals surface area contributed by atoms with Gasteiger partial charge in [-0.1, -0.05) is 6.07 Å². The van der Waals surface area contributed by atoms with Gasteiger partial charge in [-0.2, -0.15) is 0 Å². The molecule has 1 aromatic carbocycles. The zero-order chi connectivity index (χ0) is 14.7. The van der Waals surface area contributed by atoms with Gasteiger partial charge >= 0.3 is 0 Å². The van der Waals surface area contributed by atoms with Crippen molar-refractivity contribution < 1.29 is 19.4 Å². The van der Waals surface area contributed by atoms with Crippen LogP contribution in [-0.2, 0) is 4.79 Å². The summed E-state index contributed by atoms with van der Waals surface area (Å²) in [7, 11) is 0. The van der Waals surface area contributed by atoms with Gasteiger partial charge in [-0.25, -0.2) is 0 Å². The van der Waals surface area contributed by atoms with Gasteiger partial charge in [0.2, 0.25) is 12.7 Å². The number of hydrogen-bond acceptors (Lipinski definition) is 4. The Labute approximate surface area is 123 Å². The van der Waals surface area contributed by atoms with Gasteiger partial charge in [-0.3, -0.25) is 4.79 Å². The summed E-state index contributed by atoms with van der Waals surface area (Å²) in [4.78, 5) is 11.7. The Hall–Kier alpha value is -2.01. The molecule has 0 spiro atoms. The van der Waals surface area contributed by atoms with Crippen LogP contribution in [0.15, 0.2) is 24.3 Å². The van der Waals surface area contributed by atoms with Crippen molar-refractivity contribution in [3.8, 4) is 11.5 Å². The number of aliphatic hydroxyl groups excluding tert-OH is 1. The van der Waals surface area contributed by atoms with Crippen molar-refractivity contribution in [3.05, 3.63) is 29.8 Å². The molecule has 0 unspecified atom stereocenters. The van der Waals surface area contributed by atoms with Gasteiger partial charge in [0.25, 0.3) is 0 Å². The first kappa shape index (κ1) is 13.9. The summed E-state index contributed by atoms with van der Waals surface area (Å²) in [6.45, 7) is 0.744. The second kappa shape index (κ2) is 6.18. The van der Waals surface area contributed by atoms with E-state index in [1.54, 1.807) is 6.08 Å². The van der Waals surface area contributed by atoms with Gasteiger partial charge < -0.3 is 19.9 Å². The SMILES string of the molecule is O=C(/C=C/c1ccc2c(c1)OCO2)NCC[C@@H](O)C1CC1. The van der Waals surface area contributed by atoms with E-state index in [0.29, 0.717) is 24.6 Å². The fourth-order valence-electron chi connectivity index (χ4n) is 2.31. The number of aliphatic hydroxyl groups is 1. The average molecular weight is 289 g/mol. The van der Waals surface area contributed by atoms with Gasteiger partial charge in [0, 0.05) is 12.6 Å². The third-order valence-electron chi connectivity index (χ3n) is 3.73. The highest BCUT2D eigenvalue weighted by Gasteiger charge is 2.29. The molecule has 112 valence electrons. The van der Waals surface area contributed by atoms with E-state index in [1.807, 2.05) is 18.2 Å². The first-order chi connectivity index (χ1) is 10.2. The monoisotopic (exact) mass is 289 g/mol. The molecular weight excluding hydrogens is 270 g/mol. The summed E-state index contributed by atoms with van der Waals surface area (Å²) >= 11 is 0. The Morgan fingerprint density at radius 2 is 2.19 bits per heavy atom. The predicted molar refractivity (Wildman–Crippen MR) is 78.0 cm³/mol. The third kappa shape index (κ3) is 3.76. The maximum Gasteiger partial charge on any atom is 0.244 e. The summed E-state index contributed by atoms with van der Waals surface area (Å²) in [6, 6.07) is 5.53. The number of hydrogen-bond donors (Lipinski definition) is 2. The first-order valence-corrected chi connectivity index (χ1v) is 7.26. The predicted octanol–water partition coefficient (Wildman–Crippen LogP) is 1.71. The van der Waals surface area contributed by atoms with Crippen LogP contribution < -0.4 is 14.8 Å². The highest BCUT2D eigenvalue weighted by molar-refractivity contribution is 5.91. The number of fused-ring (bicyclic) bond motifs is 1. The van der Waals surface area contributed by atoms with Gasteiger partial charge in [0.15, 0.2) is 11.5 Å². The maximum atomic E-state index is 11.7. The zero-order valence-electron chi connectivity index (χ0n) is 11.7. The Balaban J connectivity index is 1.45. The van der Waals surface area contributed by atoms with Crippen molar-refractivity contribution in [2.75, 3.05) is 13.3 Å². The molecule has 0 aromatic heterocycles. The third-order valence-corrected chi connectivity index (χ3v) is 3.73. The molecule has 3 rings (SSSR count). The Morgan fingerprint density at radius 3 is 3.00 bits per heavy atom. The molecule has 1 aliphatic carbocycles. The highest BCUT2D eigenvalue weighted by Crippen LogP contribution is 2.34. The van der Waals surface area contributed by atoms with E-state index in [2.05, 4.69) is 5.32 Å². The molecule has 1 amide bonds. The Kier molecular flexibility index (Phi) is 4.10. The van der Waals surface area contributed by atoms with Crippen LogP contribution in [0, 0.1) is 5.92 Å². The van der Waals surface area contributed by atoms with Crippen LogP contribution in [0.4, 0.5) is 0 Å². The summed E-state index contributed by atoms with van der Waals surface area (Å²) in [5.74, 6) is 1.72. The van der Waals surface area contributed by atoms with Crippen molar-refractivity contribution in [2.24, 2.45) is 5.92 Å². The van der Waals surface area contributed by atoms with Crippen molar-refractivity contribution in [3.63, 3.8) is 0 Å². The summed E-state index contributed by atoms with van der Waals surface area (Å²) in [5.41, 5.74) is 0.882. The number of ether oxygens (including phenoxy) is 2. The molecule has 0 radical (unpaired) electrons. The fourth-order valence-corrected chi connectivity index (χ4v) is 2.31. The second-order valence-corrected chi connectivity index (χ2v) is 5.43. The van der Waals surface area contributed by atoms with Crippen LogP contribution in [0.25, 0.3) is 6.08 Å². The summed E-state index contributed by atoms with van der Waals surface area (Å²) in [6.07, 6.45) is 5.78. The second-order valence-electron chi connectivity index (χ2n) is 5.43. The van der Waals surface area contributed by atoms with Crippen LogP contribution in [0.5, 0.6) is 11.5 Å². The minimum atomic E-state index is -0.275. The van der Waals surface area contributed by atoms with E-state index in [9.17, 15) is 9.90 Å². The van der Waals surface area contributed by atoms with Crippen LogP contribution in [-0.4, -0.2) is 30.5 Å². The molecule has 1 saturated carbocycles. The Bertz CT molecular complexity index is 551. The molecule has 0 bridgehead atoms. The standard InChI is InChI=1S/C16H19NO4/c18-13(12-3-4-12)7-8-17-16(19)6-2-11-1-5-14-15(9-11)21-10-20-14/h1-2,5-6,9,12-13,18H,3-4,7-8,10H2,(H,17,19)/b6-2+/t13-/m1/s1. The Morgan fingerprint density at radius 1 is 1.38 bits per heavy atom. The molecule has 2 N–H and O–H groups in total. The minimum Gasteiger partial charge on any atom is -0.454 e. The van der Waals surface area contributed by atoms with Gasteiger partial charge in [-0.15, -0.1) is 0 Å². The van der Waals surface area contributed by atoms with E-state index in [-0.39, 0.29) is 18.8 Å². The van der Waals surface area contributed by atoms with Crippen molar-refractivity contribution in [1.29, 1.82) is 0 Å². The molecule has 5 nitrogen and oxygen atoms in total. The van der Waals surface area contributed by atoms with Crippen molar-refractivity contribution in [2.45, 2.75) is 25.4 Å². The number of rotatable bonds is 6. The number of benzene rings is 1. The lowest BCUT2D eigenvalue weighted by atomic mass is 10.1. The van der Waals surface area contributed by atoms with Crippen molar-refractivity contribution in [1.82, 2.24) is 5.32 Å². The van der Waals surface area contributed by atoms with E-state index in [4.69, 9.17) is 9.47 Å². The van der Waals surface area contributed by atoms with Gasteiger partial charge in [0.05, 0.1) is 6.10 Å². The molecule has 1 aliphatic heterocycles. The minimum absolute atomic E-state index is 0.157. The normalized spacial score (nSPS) is 18.0. The maximum absolute atomic E-state index is 11.7. The molecule has 1 fully saturated rings. The molecule has 21 heavy (non-hydrogen) atoms. The average Bonchev–Trinajstić information content (AvgIpc) is 3.23. The van der Waals surface area contributed by atoms with Crippen LogP contribution in [0.3, 0.4) is 0 Å². The van der Waals surface area contributed by atoms with E-state index < -0.39 is 0 Å². The van der Waals surface area contributed by atoms with E-state index in [1.165, 1.54) is 6.08 Å². The molecular formula is C16H19NO4. The van der Waals surface area contributed by atoms with Gasteiger partial charge in [-0.05, 0) is 49.0 Å². The number of carbonyl (C=O) groups excluding carboxylic acids is 1. The van der Waals surface area contributed by atoms with E-state index in [0.717, 1.165) is 24.2 Å². The zero-order valence-corrected chi connectivity index (χ0v) is 11.7. The van der Waals surface area contributed by atoms with E-state index >= 15 is 0 Å². The van der Waals surface area contributed by atoms with Crippen LogP contribution in [0.2, 0.25) is 0 Å². The molecule has 0 saturated heterocycles. The molecule has 5 heteroatoms. The number of amides is 1. The molecule has 1 aromatic rings. The summed E-state index contributed by atoms with van der Waals surface area (Å²) in [5, 5.41) is 12.5. The van der Waals surface area contributed by atoms with Crippen molar-refractivity contribution >= 4 is 12.0 Å². The number of carbonyl (C=O) groups is 1. The lowest BCUT2D eigenvalue weighted by molar-refractivity contribution is -0.116. The summed E-state index contributed by atoms with van der Waals surface area (Å²) < 4.78 is 10.5. The topological polar surface area (TPSA) is 67.8 Å². The molecule has 1 heterocycles. The lowest BCUT2D eigenvalue weighted by Gasteiger charge is -2.08. The number of nitrogens with one attached hydrogen (secondary N) is 1. The first-order valence-electron chi connectivity index (χ1n) is 7.26. The quantitative estimate of drug-likeness (QED) is 0.782. The largest absolute Gasteiger partial charge is 0.454 e. The fraction of sp³-hybridized carbons (Fsp3) is 0.438. The van der Waals surface area contributed by atoms with Crippen LogP contribution >= 0.6 is 0 Å². The van der Waals surface area contributed by atoms with Crippen LogP contribution in [0.1, 0.15) is 24.8 Å². The highest BCUT2D eigenvalue weighted by atomic mass is 16.7. The lowest BCUT2D eigenvalue weighted by Crippen LogP contribution is -2.26. The van der Waals surface area contributed by atoms with Gasteiger partial charge in [0.1, 0.15) is 0 Å². The molecule has 1 atom stereocenters.